The summed E-state index contributed by atoms with van der Waals surface area (Å²) in [4.78, 5) is 0. The topological polar surface area (TPSA) is 0 Å². The molecule has 0 aliphatic heterocycles. The van der Waals surface area contributed by atoms with Crippen molar-refractivity contribution in [3.8, 4) is 11.1 Å². The molecule has 0 heterocycles. The van der Waals surface area contributed by atoms with Crippen LogP contribution >= 0.6 is 0 Å². The van der Waals surface area contributed by atoms with Crippen molar-refractivity contribution in [1.82, 2.24) is 0 Å². The lowest BCUT2D eigenvalue weighted by atomic mass is 9.85. The molecule has 0 atom stereocenters. The highest BCUT2D eigenvalue weighted by atomic mass is 14.2. The predicted octanol–water partition coefficient (Wildman–Crippen LogP) is 18.0. The number of rotatable bonds is 5. The van der Waals surface area contributed by atoms with Crippen molar-refractivity contribution >= 4 is 0 Å². The summed E-state index contributed by atoms with van der Waals surface area (Å²) in [7, 11) is 0. The molecule has 0 fully saturated rings. The van der Waals surface area contributed by atoms with Crippen LogP contribution in [0.4, 0.5) is 0 Å². The lowest BCUT2D eigenvalue weighted by molar-refractivity contribution is 0.397. The molecular formula is C56H90. The molecule has 0 bridgehead atoms. The highest BCUT2D eigenvalue weighted by Crippen LogP contribution is 2.26. The lowest BCUT2D eigenvalue weighted by Crippen LogP contribution is -2.11. The van der Waals surface area contributed by atoms with E-state index in [2.05, 4.69) is 236 Å². The maximum Gasteiger partial charge on any atom is -0.0184 e. The number of hydrogen-bond acceptors (Lipinski definition) is 0. The van der Waals surface area contributed by atoms with E-state index in [1.165, 1.54) is 46.2 Å². The fourth-order valence-corrected chi connectivity index (χ4v) is 5.34. The Bertz CT molecular complexity index is 1430. The van der Waals surface area contributed by atoms with Gasteiger partial charge in [-0.3, -0.25) is 0 Å². The first kappa shape index (κ1) is 52.9. The normalized spacial score (nSPS) is 12.0. The summed E-state index contributed by atoms with van der Waals surface area (Å²) in [6, 6.07) is 39.0. The van der Waals surface area contributed by atoms with Crippen molar-refractivity contribution in [1.29, 1.82) is 0 Å². The first-order valence-corrected chi connectivity index (χ1v) is 21.7. The van der Waals surface area contributed by atoms with Crippen LogP contribution in [-0.4, -0.2) is 0 Å². The van der Waals surface area contributed by atoms with Crippen LogP contribution in [0.1, 0.15) is 174 Å². The van der Waals surface area contributed by atoms with Crippen molar-refractivity contribution in [2.24, 2.45) is 32.5 Å². The van der Waals surface area contributed by atoms with Crippen LogP contribution in [0.2, 0.25) is 0 Å². The molecule has 0 saturated carbocycles. The largest absolute Gasteiger partial charge is 0.0649 e. The van der Waals surface area contributed by atoms with Gasteiger partial charge in [0.25, 0.3) is 0 Å². The SMILES string of the molecule is CC(C)(C)Cc1ccc(CC(C)(C)C)cc1.CC(C)(C)Cc1cccc(CC(C)(C)C)c1.CCC(C)(C)C.CCC(C)(C)C.c1ccc(-c2ccccc2)cc1. The Morgan fingerprint density at radius 3 is 0.714 bits per heavy atom. The zero-order valence-electron chi connectivity index (χ0n) is 40.6. The highest BCUT2D eigenvalue weighted by Gasteiger charge is 2.15. The van der Waals surface area contributed by atoms with Gasteiger partial charge in [0.15, 0.2) is 0 Å². The Morgan fingerprint density at radius 2 is 0.500 bits per heavy atom. The van der Waals surface area contributed by atoms with Crippen molar-refractivity contribution in [3.05, 3.63) is 131 Å². The van der Waals surface area contributed by atoms with E-state index in [0.717, 1.165) is 25.7 Å². The van der Waals surface area contributed by atoms with Gasteiger partial charge >= 0.3 is 0 Å². The van der Waals surface area contributed by atoms with Crippen LogP contribution in [0, 0.1) is 32.5 Å². The van der Waals surface area contributed by atoms with E-state index in [1.807, 2.05) is 12.1 Å². The minimum absolute atomic E-state index is 0.375. The van der Waals surface area contributed by atoms with E-state index in [4.69, 9.17) is 0 Å². The maximum absolute atomic E-state index is 2.37. The van der Waals surface area contributed by atoms with Gasteiger partial charge in [0.2, 0.25) is 0 Å². The molecule has 0 N–H and O–H groups in total. The molecule has 56 heavy (non-hydrogen) atoms. The standard InChI is InChI=1S/2C16H26.C12H10.2C6H14/c1-15(2,3)11-13-7-9-14(10-8-13)12-16(4,5)6;1-15(2,3)11-13-8-7-9-14(10-13)12-16(4,5)6;1-3-7-11(8-4-1)12-9-5-2-6-10-12;2*1-5-6(2,3)4/h2*7-10H,11-12H2,1-6H3;1-10H;2*5H2,1-4H3. The van der Waals surface area contributed by atoms with Gasteiger partial charge in [-0.2, -0.15) is 0 Å². The van der Waals surface area contributed by atoms with Gasteiger partial charge in [0.1, 0.15) is 0 Å². The minimum atomic E-state index is 0.375. The zero-order valence-corrected chi connectivity index (χ0v) is 40.6. The Kier molecular flexibility index (Phi) is 22.6. The van der Waals surface area contributed by atoms with Gasteiger partial charge in [0.05, 0.1) is 0 Å². The van der Waals surface area contributed by atoms with Crippen LogP contribution < -0.4 is 0 Å². The molecule has 4 rings (SSSR count). The van der Waals surface area contributed by atoms with Gasteiger partial charge in [-0.15, -0.1) is 0 Å². The Morgan fingerprint density at radius 1 is 0.268 bits per heavy atom. The van der Waals surface area contributed by atoms with Crippen molar-refractivity contribution in [3.63, 3.8) is 0 Å². The second-order valence-electron chi connectivity index (χ2n) is 23.1. The predicted molar refractivity (Wildman–Crippen MR) is 257 cm³/mol. The average molecular weight is 763 g/mol. The second-order valence-corrected chi connectivity index (χ2v) is 23.1. The molecule has 0 nitrogen and oxygen atoms in total. The van der Waals surface area contributed by atoms with Crippen LogP contribution in [-0.2, 0) is 25.7 Å². The van der Waals surface area contributed by atoms with E-state index in [1.54, 1.807) is 0 Å². The molecule has 0 unspecified atom stereocenters. The van der Waals surface area contributed by atoms with Gasteiger partial charge in [-0.25, -0.2) is 0 Å². The summed E-state index contributed by atoms with van der Waals surface area (Å²) in [6.45, 7) is 45.4. The molecule has 0 aliphatic rings. The molecule has 0 radical (unpaired) electrons. The van der Waals surface area contributed by atoms with Crippen LogP contribution in [0.25, 0.3) is 11.1 Å². The highest BCUT2D eigenvalue weighted by molar-refractivity contribution is 5.62. The summed E-state index contributed by atoms with van der Waals surface area (Å²) >= 11 is 0. The molecule has 0 saturated heterocycles. The van der Waals surface area contributed by atoms with E-state index in [9.17, 15) is 0 Å². The van der Waals surface area contributed by atoms with Gasteiger partial charge in [0, 0.05) is 0 Å². The third-order valence-electron chi connectivity index (χ3n) is 8.95. The molecular weight excluding hydrogens is 673 g/mol. The summed E-state index contributed by atoms with van der Waals surface area (Å²) in [5.74, 6) is 0. The van der Waals surface area contributed by atoms with E-state index < -0.39 is 0 Å². The maximum atomic E-state index is 2.37. The van der Waals surface area contributed by atoms with Crippen LogP contribution in [0.5, 0.6) is 0 Å². The first-order valence-electron chi connectivity index (χ1n) is 21.7. The minimum Gasteiger partial charge on any atom is -0.0649 e. The van der Waals surface area contributed by atoms with Crippen molar-refractivity contribution in [2.75, 3.05) is 0 Å². The molecule has 4 aromatic rings. The molecule has 0 aromatic heterocycles. The van der Waals surface area contributed by atoms with Crippen molar-refractivity contribution in [2.45, 2.75) is 177 Å². The van der Waals surface area contributed by atoms with E-state index in [0.29, 0.717) is 32.5 Å². The summed E-state index contributed by atoms with van der Waals surface area (Å²) in [5, 5.41) is 0. The van der Waals surface area contributed by atoms with Crippen LogP contribution in [0.3, 0.4) is 0 Å². The van der Waals surface area contributed by atoms with Gasteiger partial charge in [-0.1, -0.05) is 261 Å². The third-order valence-corrected chi connectivity index (χ3v) is 8.95. The third kappa shape index (κ3) is 32.0. The van der Waals surface area contributed by atoms with Crippen LogP contribution in [0.15, 0.2) is 109 Å². The smallest absolute Gasteiger partial charge is 0.0184 e. The Balaban J connectivity index is 0.000000712. The quantitative estimate of drug-likeness (QED) is 0.190. The monoisotopic (exact) mass is 763 g/mol. The van der Waals surface area contributed by atoms with E-state index in [-0.39, 0.29) is 0 Å². The van der Waals surface area contributed by atoms with Crippen molar-refractivity contribution < 1.29 is 0 Å². The number of benzene rings is 4. The molecule has 0 amide bonds. The molecule has 0 heteroatoms. The lowest BCUT2D eigenvalue weighted by Gasteiger charge is -2.21. The second kappa shape index (κ2) is 24.0. The fraction of sp³-hybridized carbons (Fsp3) is 0.571. The Hall–Kier alpha value is -3.12. The molecule has 4 aromatic carbocycles. The Labute approximate surface area is 350 Å². The zero-order chi connectivity index (χ0) is 43.4. The van der Waals surface area contributed by atoms with Gasteiger partial charge in [-0.05, 0) is 91.6 Å². The van der Waals surface area contributed by atoms with E-state index >= 15 is 0 Å². The molecule has 314 valence electrons. The molecule has 0 spiro atoms. The first-order chi connectivity index (χ1) is 25.4. The molecule has 0 aliphatic carbocycles. The summed E-state index contributed by atoms with van der Waals surface area (Å²) in [6.07, 6.45) is 7.17. The summed E-state index contributed by atoms with van der Waals surface area (Å²) in [5.41, 5.74) is 11.0. The summed E-state index contributed by atoms with van der Waals surface area (Å²) < 4.78 is 0. The van der Waals surface area contributed by atoms with Gasteiger partial charge < -0.3 is 0 Å². The number of hydrogen-bond donors (Lipinski definition) is 0. The fourth-order valence-electron chi connectivity index (χ4n) is 5.34. The average Bonchev–Trinajstić information content (AvgIpc) is 3.04.